The molecular formula is C23H31N3O4S2. The van der Waals surface area contributed by atoms with Crippen LogP contribution in [0.3, 0.4) is 0 Å². The monoisotopic (exact) mass is 477 g/mol. The number of nitrogens with zero attached hydrogens (tertiary/aromatic N) is 1. The molecular weight excluding hydrogens is 446 g/mol. The third-order valence-corrected chi connectivity index (χ3v) is 7.99. The lowest BCUT2D eigenvalue weighted by molar-refractivity contribution is -0.140. The molecule has 3 rings (SSSR count). The fourth-order valence-electron chi connectivity index (χ4n) is 3.98. The van der Waals surface area contributed by atoms with Crippen molar-refractivity contribution in [3.05, 3.63) is 52.7 Å². The molecule has 1 aromatic carbocycles. The van der Waals surface area contributed by atoms with Gasteiger partial charge in [-0.15, -0.1) is 11.3 Å². The van der Waals surface area contributed by atoms with E-state index in [4.69, 9.17) is 0 Å². The number of carbonyl (C=O) groups is 2. The number of amides is 2. The highest BCUT2D eigenvalue weighted by molar-refractivity contribution is 7.89. The van der Waals surface area contributed by atoms with Gasteiger partial charge in [0.2, 0.25) is 21.8 Å². The molecule has 0 bridgehead atoms. The van der Waals surface area contributed by atoms with Crippen molar-refractivity contribution in [2.24, 2.45) is 0 Å². The molecule has 1 saturated carbocycles. The lowest BCUT2D eigenvalue weighted by Gasteiger charge is -2.32. The number of hydrogen-bond donors (Lipinski definition) is 2. The van der Waals surface area contributed by atoms with Crippen molar-refractivity contribution >= 4 is 33.2 Å². The average molecular weight is 478 g/mol. The fourth-order valence-corrected chi connectivity index (χ4v) is 5.67. The molecule has 9 heteroatoms. The first-order chi connectivity index (χ1) is 15.4. The van der Waals surface area contributed by atoms with Crippen LogP contribution in [0.15, 0.2) is 52.7 Å². The molecule has 1 atom stereocenters. The Bertz CT molecular complexity index is 972. The minimum atomic E-state index is -3.82. The Balaban J connectivity index is 1.73. The van der Waals surface area contributed by atoms with Crippen LogP contribution in [0, 0.1) is 0 Å². The molecule has 1 fully saturated rings. The van der Waals surface area contributed by atoms with Crippen LogP contribution in [-0.4, -0.2) is 43.8 Å². The summed E-state index contributed by atoms with van der Waals surface area (Å²) in [4.78, 5) is 28.8. The van der Waals surface area contributed by atoms with E-state index in [2.05, 4.69) is 10.0 Å². The molecule has 2 amide bonds. The van der Waals surface area contributed by atoms with Gasteiger partial charge in [-0.1, -0.05) is 50.5 Å². The summed E-state index contributed by atoms with van der Waals surface area (Å²) >= 11 is 1.50. The van der Waals surface area contributed by atoms with Gasteiger partial charge in [-0.25, -0.2) is 13.1 Å². The van der Waals surface area contributed by atoms with Gasteiger partial charge >= 0.3 is 0 Å². The summed E-state index contributed by atoms with van der Waals surface area (Å²) in [6.45, 7) is 1.73. The molecule has 32 heavy (non-hydrogen) atoms. The maximum atomic E-state index is 13.2. The van der Waals surface area contributed by atoms with Gasteiger partial charge in [0.05, 0.1) is 18.0 Å². The Labute approximate surface area is 194 Å². The first kappa shape index (κ1) is 24.4. The lowest BCUT2D eigenvalue weighted by atomic mass is 9.95. The number of carbonyl (C=O) groups excluding carboxylic acids is 2. The van der Waals surface area contributed by atoms with Crippen LogP contribution in [0.25, 0.3) is 0 Å². The van der Waals surface area contributed by atoms with Crippen LogP contribution in [0.4, 0.5) is 0 Å². The molecule has 0 radical (unpaired) electrons. The van der Waals surface area contributed by atoms with Gasteiger partial charge < -0.3 is 10.2 Å². The van der Waals surface area contributed by atoms with Crippen LogP contribution in [0.5, 0.6) is 0 Å². The summed E-state index contributed by atoms with van der Waals surface area (Å²) in [6, 6.07) is 11.2. The SMILES string of the molecule is CC[C@@H](C(=O)NC1CCCCC1)N(Cc1cccs1)C(=O)CNS(=O)(=O)c1ccccc1. The quantitative estimate of drug-likeness (QED) is 0.549. The van der Waals surface area contributed by atoms with Crippen molar-refractivity contribution in [1.29, 1.82) is 0 Å². The van der Waals surface area contributed by atoms with Crippen LogP contribution < -0.4 is 10.0 Å². The topological polar surface area (TPSA) is 95.6 Å². The van der Waals surface area contributed by atoms with Crippen molar-refractivity contribution in [3.63, 3.8) is 0 Å². The van der Waals surface area contributed by atoms with Gasteiger partial charge in [-0.05, 0) is 42.8 Å². The van der Waals surface area contributed by atoms with Crippen LogP contribution in [0.1, 0.15) is 50.3 Å². The predicted octanol–water partition coefficient (Wildman–Crippen LogP) is 3.28. The van der Waals surface area contributed by atoms with Gasteiger partial charge in [0.1, 0.15) is 6.04 Å². The van der Waals surface area contributed by atoms with E-state index in [0.29, 0.717) is 6.42 Å². The Kier molecular flexibility index (Phi) is 8.84. The van der Waals surface area contributed by atoms with Crippen molar-refractivity contribution in [2.75, 3.05) is 6.54 Å². The molecule has 0 spiro atoms. The first-order valence-electron chi connectivity index (χ1n) is 11.1. The lowest BCUT2D eigenvalue weighted by Crippen LogP contribution is -2.53. The van der Waals surface area contributed by atoms with E-state index in [9.17, 15) is 18.0 Å². The molecule has 1 aliphatic carbocycles. The number of thiophene rings is 1. The Hall–Kier alpha value is -2.23. The smallest absolute Gasteiger partial charge is 0.243 e. The highest BCUT2D eigenvalue weighted by Gasteiger charge is 2.31. The van der Waals surface area contributed by atoms with Gasteiger partial charge in [0.25, 0.3) is 0 Å². The molecule has 0 unspecified atom stereocenters. The summed E-state index contributed by atoms with van der Waals surface area (Å²) in [5.41, 5.74) is 0. The second kappa shape index (κ2) is 11.6. The second-order valence-electron chi connectivity index (χ2n) is 8.01. The molecule has 2 aromatic rings. The van der Waals surface area contributed by atoms with Gasteiger partial charge in [0, 0.05) is 10.9 Å². The number of nitrogens with one attached hydrogen (secondary N) is 2. The summed E-state index contributed by atoms with van der Waals surface area (Å²) < 4.78 is 27.5. The standard InChI is InChI=1S/C23H31N3O4S2/c1-2-21(23(28)25-18-10-5-3-6-11-18)26(17-19-12-9-15-31-19)22(27)16-24-32(29,30)20-13-7-4-8-14-20/h4,7-9,12-15,18,21,24H,2-3,5-6,10-11,16-17H2,1H3,(H,25,28)/t21-/m0/s1. The van der Waals surface area contributed by atoms with Gasteiger partial charge in [-0.3, -0.25) is 9.59 Å². The minimum Gasteiger partial charge on any atom is -0.352 e. The predicted molar refractivity (Wildman–Crippen MR) is 126 cm³/mol. The number of sulfonamides is 1. The van der Waals surface area contributed by atoms with Crippen molar-refractivity contribution in [1.82, 2.24) is 14.9 Å². The van der Waals surface area contributed by atoms with Crippen molar-refractivity contribution in [2.45, 2.75) is 69.0 Å². The summed E-state index contributed by atoms with van der Waals surface area (Å²) in [5.74, 6) is -0.598. The van der Waals surface area contributed by atoms with E-state index < -0.39 is 28.5 Å². The highest BCUT2D eigenvalue weighted by Crippen LogP contribution is 2.20. The van der Waals surface area contributed by atoms with E-state index in [1.807, 2.05) is 24.4 Å². The summed E-state index contributed by atoms with van der Waals surface area (Å²) in [7, 11) is -3.82. The van der Waals surface area contributed by atoms with E-state index in [-0.39, 0.29) is 23.4 Å². The average Bonchev–Trinajstić information content (AvgIpc) is 3.32. The molecule has 7 nitrogen and oxygen atoms in total. The maximum absolute atomic E-state index is 13.2. The normalized spacial score (nSPS) is 15.8. The van der Waals surface area contributed by atoms with Crippen LogP contribution >= 0.6 is 11.3 Å². The molecule has 2 N–H and O–H groups in total. The van der Waals surface area contributed by atoms with E-state index in [1.54, 1.807) is 18.2 Å². The minimum absolute atomic E-state index is 0.0969. The van der Waals surface area contributed by atoms with Crippen molar-refractivity contribution in [3.8, 4) is 0 Å². The Morgan fingerprint density at radius 1 is 1.09 bits per heavy atom. The zero-order chi connectivity index (χ0) is 23.0. The summed E-state index contributed by atoms with van der Waals surface area (Å²) in [5, 5.41) is 5.03. The number of rotatable bonds is 10. The van der Waals surface area contributed by atoms with Gasteiger partial charge in [-0.2, -0.15) is 0 Å². The molecule has 1 heterocycles. The number of benzene rings is 1. The molecule has 0 saturated heterocycles. The zero-order valence-corrected chi connectivity index (χ0v) is 20.0. The van der Waals surface area contributed by atoms with E-state index >= 15 is 0 Å². The molecule has 1 aliphatic rings. The second-order valence-corrected chi connectivity index (χ2v) is 10.8. The van der Waals surface area contributed by atoms with E-state index in [0.717, 1.165) is 30.6 Å². The van der Waals surface area contributed by atoms with Gasteiger partial charge in [0.15, 0.2) is 0 Å². The molecule has 0 aliphatic heterocycles. The Morgan fingerprint density at radius 3 is 2.44 bits per heavy atom. The highest BCUT2D eigenvalue weighted by atomic mass is 32.2. The van der Waals surface area contributed by atoms with Crippen LogP contribution in [0.2, 0.25) is 0 Å². The zero-order valence-electron chi connectivity index (χ0n) is 18.3. The third kappa shape index (κ3) is 6.63. The first-order valence-corrected chi connectivity index (χ1v) is 13.4. The maximum Gasteiger partial charge on any atom is 0.243 e. The molecule has 1 aromatic heterocycles. The molecule has 174 valence electrons. The van der Waals surface area contributed by atoms with Crippen molar-refractivity contribution < 1.29 is 18.0 Å². The Morgan fingerprint density at radius 2 is 1.81 bits per heavy atom. The van der Waals surface area contributed by atoms with Crippen LogP contribution in [-0.2, 0) is 26.2 Å². The third-order valence-electron chi connectivity index (χ3n) is 5.71. The largest absolute Gasteiger partial charge is 0.352 e. The van der Waals surface area contributed by atoms with E-state index in [1.165, 1.54) is 34.8 Å². The summed E-state index contributed by atoms with van der Waals surface area (Å²) in [6.07, 6.45) is 5.74. The number of hydrogen-bond acceptors (Lipinski definition) is 5. The fraction of sp³-hybridized carbons (Fsp3) is 0.478.